The van der Waals surface area contributed by atoms with Gasteiger partial charge >= 0.3 is 0 Å². The lowest BCUT2D eigenvalue weighted by atomic mass is 10.1. The quantitative estimate of drug-likeness (QED) is 0.491. The highest BCUT2D eigenvalue weighted by atomic mass is 32.2. The molecule has 0 saturated carbocycles. The molecule has 0 atom stereocenters. The van der Waals surface area contributed by atoms with Crippen molar-refractivity contribution >= 4 is 29.1 Å². The van der Waals surface area contributed by atoms with E-state index in [9.17, 15) is 9.59 Å². The van der Waals surface area contributed by atoms with E-state index in [1.165, 1.54) is 18.0 Å². The predicted molar refractivity (Wildman–Crippen MR) is 101 cm³/mol. The van der Waals surface area contributed by atoms with Crippen LogP contribution in [0.3, 0.4) is 0 Å². The van der Waals surface area contributed by atoms with Gasteiger partial charge in [0.2, 0.25) is 0 Å². The average Bonchev–Trinajstić information content (AvgIpc) is 3.21. The second kappa shape index (κ2) is 8.40. The van der Waals surface area contributed by atoms with Crippen LogP contribution >= 0.6 is 11.8 Å². The van der Waals surface area contributed by atoms with E-state index in [2.05, 4.69) is 5.32 Å². The van der Waals surface area contributed by atoms with E-state index in [1.54, 1.807) is 49.6 Å². The van der Waals surface area contributed by atoms with Gasteiger partial charge in [-0.25, -0.2) is 0 Å². The highest BCUT2D eigenvalue weighted by Crippen LogP contribution is 2.24. The van der Waals surface area contributed by atoms with Crippen LogP contribution in [0.25, 0.3) is 0 Å². The number of benzene rings is 2. The topological polar surface area (TPSA) is 68.5 Å². The maximum Gasteiger partial charge on any atom is 0.291 e. The van der Waals surface area contributed by atoms with E-state index in [0.717, 1.165) is 4.90 Å². The van der Waals surface area contributed by atoms with Gasteiger partial charge in [0.25, 0.3) is 5.91 Å². The monoisotopic (exact) mass is 367 g/mol. The number of hydrogen-bond donors (Lipinski definition) is 1. The fraction of sp³-hybridized carbons (Fsp3) is 0.100. The second-order valence-electron chi connectivity index (χ2n) is 5.40. The number of carbonyl (C=O) groups excluding carboxylic acids is 2. The molecule has 1 heterocycles. The molecule has 1 amide bonds. The molecule has 132 valence electrons. The largest absolute Gasteiger partial charge is 0.497 e. The van der Waals surface area contributed by atoms with Crippen LogP contribution in [0, 0.1) is 0 Å². The maximum atomic E-state index is 12.3. The number of carbonyl (C=O) groups is 2. The highest BCUT2D eigenvalue weighted by Gasteiger charge is 2.10. The van der Waals surface area contributed by atoms with Gasteiger partial charge in [0.05, 0.1) is 19.1 Å². The lowest BCUT2D eigenvalue weighted by Crippen LogP contribution is -2.10. The fourth-order valence-electron chi connectivity index (χ4n) is 2.29. The zero-order valence-corrected chi connectivity index (χ0v) is 14.9. The minimum atomic E-state index is -0.315. The Kier molecular flexibility index (Phi) is 5.76. The molecule has 5 nitrogen and oxygen atoms in total. The van der Waals surface area contributed by atoms with Crippen molar-refractivity contribution in [3.8, 4) is 5.75 Å². The van der Waals surface area contributed by atoms with E-state index in [0.29, 0.717) is 22.8 Å². The summed E-state index contributed by atoms with van der Waals surface area (Å²) in [6.07, 6.45) is 1.45. The average molecular weight is 367 g/mol. The first-order valence-corrected chi connectivity index (χ1v) is 8.89. The fourth-order valence-corrected chi connectivity index (χ4v) is 3.14. The van der Waals surface area contributed by atoms with E-state index in [-0.39, 0.29) is 17.5 Å². The number of ketones is 1. The molecule has 0 fully saturated rings. The lowest BCUT2D eigenvalue weighted by molar-refractivity contribution is 0.0994. The zero-order valence-electron chi connectivity index (χ0n) is 14.1. The molecule has 26 heavy (non-hydrogen) atoms. The maximum absolute atomic E-state index is 12.3. The van der Waals surface area contributed by atoms with Gasteiger partial charge in [-0.2, -0.15) is 0 Å². The highest BCUT2D eigenvalue weighted by molar-refractivity contribution is 8.00. The molecule has 3 rings (SSSR count). The summed E-state index contributed by atoms with van der Waals surface area (Å²) in [6.45, 7) is 0. The number of amides is 1. The van der Waals surface area contributed by atoms with Crippen molar-refractivity contribution < 1.29 is 18.7 Å². The molecule has 0 unspecified atom stereocenters. The van der Waals surface area contributed by atoms with E-state index in [4.69, 9.17) is 9.15 Å². The summed E-state index contributed by atoms with van der Waals surface area (Å²) >= 11 is 1.41. The Morgan fingerprint density at radius 2 is 1.92 bits per heavy atom. The Morgan fingerprint density at radius 1 is 1.08 bits per heavy atom. The summed E-state index contributed by atoms with van der Waals surface area (Å²) < 4.78 is 10.2. The third kappa shape index (κ3) is 4.55. The Balaban J connectivity index is 1.61. The van der Waals surface area contributed by atoms with Crippen LogP contribution in [0.2, 0.25) is 0 Å². The van der Waals surface area contributed by atoms with Crippen molar-refractivity contribution in [3.63, 3.8) is 0 Å². The van der Waals surface area contributed by atoms with Gasteiger partial charge in [0.15, 0.2) is 11.5 Å². The van der Waals surface area contributed by atoms with Crippen molar-refractivity contribution in [2.75, 3.05) is 18.2 Å². The first-order valence-electron chi connectivity index (χ1n) is 7.90. The van der Waals surface area contributed by atoms with Gasteiger partial charge < -0.3 is 14.5 Å². The SMILES string of the molecule is COc1cccc(C(=O)CSc2cccc(NC(=O)c3ccco3)c2)c1. The summed E-state index contributed by atoms with van der Waals surface area (Å²) in [5, 5.41) is 2.77. The molecule has 0 bridgehead atoms. The number of ether oxygens (including phenoxy) is 1. The Hall–Kier alpha value is -2.99. The molecule has 1 aromatic heterocycles. The third-order valence-electron chi connectivity index (χ3n) is 3.60. The van der Waals surface area contributed by atoms with Gasteiger partial charge in [0.1, 0.15) is 5.75 Å². The minimum absolute atomic E-state index is 0.0129. The Labute approximate surface area is 155 Å². The zero-order chi connectivity index (χ0) is 18.4. The summed E-state index contributed by atoms with van der Waals surface area (Å²) in [5.74, 6) is 0.895. The Morgan fingerprint density at radius 3 is 2.69 bits per heavy atom. The predicted octanol–water partition coefficient (Wildman–Crippen LogP) is 4.52. The number of thioether (sulfide) groups is 1. The molecule has 0 aliphatic rings. The van der Waals surface area contributed by atoms with Crippen molar-refractivity contribution in [1.82, 2.24) is 0 Å². The summed E-state index contributed by atoms with van der Waals surface area (Å²) in [7, 11) is 1.57. The number of methoxy groups -OCH3 is 1. The van der Waals surface area contributed by atoms with Crippen LogP contribution in [0.4, 0.5) is 5.69 Å². The van der Waals surface area contributed by atoms with Gasteiger partial charge in [-0.1, -0.05) is 18.2 Å². The summed E-state index contributed by atoms with van der Waals surface area (Å²) in [6, 6.07) is 17.7. The third-order valence-corrected chi connectivity index (χ3v) is 4.59. The number of hydrogen-bond acceptors (Lipinski definition) is 5. The number of anilines is 1. The molecule has 0 saturated heterocycles. The van der Waals surface area contributed by atoms with Crippen LogP contribution in [0.15, 0.2) is 76.2 Å². The van der Waals surface area contributed by atoms with Crippen molar-refractivity contribution in [2.45, 2.75) is 4.90 Å². The van der Waals surface area contributed by atoms with Gasteiger partial charge in [-0.05, 0) is 42.5 Å². The first-order chi connectivity index (χ1) is 12.7. The van der Waals surface area contributed by atoms with Crippen LogP contribution in [-0.4, -0.2) is 24.6 Å². The number of furan rings is 1. The first kappa shape index (κ1) is 17.8. The van der Waals surface area contributed by atoms with Gasteiger partial charge in [-0.3, -0.25) is 9.59 Å². The molecule has 2 aromatic carbocycles. The van der Waals surface area contributed by atoms with Crippen molar-refractivity contribution in [1.29, 1.82) is 0 Å². The minimum Gasteiger partial charge on any atom is -0.497 e. The number of nitrogens with one attached hydrogen (secondary N) is 1. The molecule has 6 heteroatoms. The number of Topliss-reactive ketones (excluding diaryl/α,β-unsaturated/α-hetero) is 1. The molecular weight excluding hydrogens is 350 g/mol. The summed E-state index contributed by atoms with van der Waals surface area (Å²) in [4.78, 5) is 25.3. The standard InChI is InChI=1S/C20H17NO4S/c1-24-16-7-2-5-14(11-16)18(22)13-26-17-8-3-6-15(12-17)21-20(23)19-9-4-10-25-19/h2-12H,13H2,1H3,(H,21,23). The van der Waals surface area contributed by atoms with Gasteiger partial charge in [0, 0.05) is 16.1 Å². The van der Waals surface area contributed by atoms with Crippen molar-refractivity contribution in [3.05, 3.63) is 78.3 Å². The smallest absolute Gasteiger partial charge is 0.291 e. The van der Waals surface area contributed by atoms with Gasteiger partial charge in [-0.15, -0.1) is 11.8 Å². The molecular formula is C20H17NO4S. The molecule has 0 spiro atoms. The molecule has 0 radical (unpaired) electrons. The molecule has 0 aliphatic heterocycles. The lowest BCUT2D eigenvalue weighted by Gasteiger charge is -2.07. The molecule has 1 N–H and O–H groups in total. The normalized spacial score (nSPS) is 10.3. The van der Waals surface area contributed by atoms with Crippen LogP contribution in [-0.2, 0) is 0 Å². The molecule has 0 aliphatic carbocycles. The number of rotatable bonds is 7. The van der Waals surface area contributed by atoms with Crippen LogP contribution in [0.1, 0.15) is 20.9 Å². The van der Waals surface area contributed by atoms with E-state index in [1.807, 2.05) is 18.2 Å². The van der Waals surface area contributed by atoms with Crippen LogP contribution < -0.4 is 10.1 Å². The van der Waals surface area contributed by atoms with Crippen molar-refractivity contribution in [2.24, 2.45) is 0 Å². The van der Waals surface area contributed by atoms with E-state index < -0.39 is 0 Å². The van der Waals surface area contributed by atoms with Crippen LogP contribution in [0.5, 0.6) is 5.75 Å². The summed E-state index contributed by atoms with van der Waals surface area (Å²) in [5.41, 5.74) is 1.25. The second-order valence-corrected chi connectivity index (χ2v) is 6.45. The molecule has 3 aromatic rings. The van der Waals surface area contributed by atoms with E-state index >= 15 is 0 Å². The Bertz CT molecular complexity index is 906.